The van der Waals surface area contributed by atoms with Crippen LogP contribution in [-0.2, 0) is 0 Å². The van der Waals surface area contributed by atoms with Crippen molar-refractivity contribution in [1.82, 2.24) is 0 Å². The Hall–Kier alpha value is -0.520. The van der Waals surface area contributed by atoms with E-state index in [-0.39, 0.29) is 0 Å². The third-order valence-electron chi connectivity index (χ3n) is 3.25. The minimum atomic E-state index is 0.927. The molecular formula is C13H22. The first-order valence-corrected chi connectivity index (χ1v) is 5.55. The van der Waals surface area contributed by atoms with Crippen molar-refractivity contribution < 1.29 is 0 Å². The molecule has 1 aliphatic carbocycles. The lowest BCUT2D eigenvalue weighted by molar-refractivity contribution is 0.357. The van der Waals surface area contributed by atoms with Gasteiger partial charge in [0.05, 0.1) is 0 Å². The topological polar surface area (TPSA) is 0 Å². The molecule has 0 aromatic carbocycles. The van der Waals surface area contributed by atoms with E-state index in [0.29, 0.717) is 0 Å². The molecule has 0 spiro atoms. The van der Waals surface area contributed by atoms with E-state index in [4.69, 9.17) is 0 Å². The summed E-state index contributed by atoms with van der Waals surface area (Å²) in [5.74, 6) is 0.927. The molecule has 0 aromatic rings. The van der Waals surface area contributed by atoms with E-state index in [2.05, 4.69) is 26.5 Å². The third kappa shape index (κ3) is 3.38. The maximum atomic E-state index is 4.15. The van der Waals surface area contributed by atoms with Gasteiger partial charge >= 0.3 is 0 Å². The minimum Gasteiger partial charge on any atom is -0.0956 e. The van der Waals surface area contributed by atoms with E-state index >= 15 is 0 Å². The van der Waals surface area contributed by atoms with Gasteiger partial charge in [0.1, 0.15) is 0 Å². The SMILES string of the molecule is C=C(CC1CCCCC1)/C(C)=C/C. The van der Waals surface area contributed by atoms with Crippen LogP contribution < -0.4 is 0 Å². The Morgan fingerprint density at radius 1 is 1.31 bits per heavy atom. The highest BCUT2D eigenvalue weighted by Crippen LogP contribution is 2.30. The molecule has 0 heteroatoms. The fourth-order valence-electron chi connectivity index (χ4n) is 2.10. The summed E-state index contributed by atoms with van der Waals surface area (Å²) in [4.78, 5) is 0. The summed E-state index contributed by atoms with van der Waals surface area (Å²) in [6.45, 7) is 8.42. The van der Waals surface area contributed by atoms with Gasteiger partial charge in [0, 0.05) is 0 Å². The average Bonchev–Trinajstić information content (AvgIpc) is 2.18. The van der Waals surface area contributed by atoms with Crippen molar-refractivity contribution in [2.24, 2.45) is 5.92 Å². The van der Waals surface area contributed by atoms with Crippen LogP contribution in [0.15, 0.2) is 23.8 Å². The van der Waals surface area contributed by atoms with Crippen molar-refractivity contribution in [2.75, 3.05) is 0 Å². The molecule has 74 valence electrons. The van der Waals surface area contributed by atoms with Crippen LogP contribution in [0.2, 0.25) is 0 Å². The van der Waals surface area contributed by atoms with E-state index in [0.717, 1.165) is 5.92 Å². The zero-order valence-electron chi connectivity index (χ0n) is 9.10. The summed E-state index contributed by atoms with van der Waals surface area (Å²) >= 11 is 0. The van der Waals surface area contributed by atoms with Gasteiger partial charge in [-0.15, -0.1) is 0 Å². The molecule has 0 unspecified atom stereocenters. The van der Waals surface area contributed by atoms with Gasteiger partial charge in [-0.05, 0) is 26.2 Å². The summed E-state index contributed by atoms with van der Waals surface area (Å²) in [5.41, 5.74) is 2.74. The van der Waals surface area contributed by atoms with Crippen LogP contribution in [0.4, 0.5) is 0 Å². The van der Waals surface area contributed by atoms with E-state index < -0.39 is 0 Å². The first-order chi connectivity index (χ1) is 6.24. The van der Waals surface area contributed by atoms with Gasteiger partial charge in [-0.3, -0.25) is 0 Å². The number of hydrogen-bond donors (Lipinski definition) is 0. The predicted octanol–water partition coefficient (Wildman–Crippen LogP) is 4.48. The van der Waals surface area contributed by atoms with Gasteiger partial charge < -0.3 is 0 Å². The van der Waals surface area contributed by atoms with E-state index in [1.165, 1.54) is 49.7 Å². The second-order valence-electron chi connectivity index (χ2n) is 4.28. The summed E-state index contributed by atoms with van der Waals surface area (Å²) in [6.07, 6.45) is 10.6. The molecule has 0 aliphatic heterocycles. The molecule has 0 nitrogen and oxygen atoms in total. The van der Waals surface area contributed by atoms with Gasteiger partial charge in [0.15, 0.2) is 0 Å². The standard InChI is InChI=1S/C13H22/c1-4-11(2)12(3)10-13-8-6-5-7-9-13/h4,13H,3,5-10H2,1-2H3/b11-4+. The molecule has 0 aromatic heterocycles. The number of rotatable bonds is 3. The smallest absolute Gasteiger partial charge is 0.0254 e. The molecule has 1 fully saturated rings. The van der Waals surface area contributed by atoms with Crippen molar-refractivity contribution in [3.8, 4) is 0 Å². The van der Waals surface area contributed by atoms with Gasteiger partial charge in [0.25, 0.3) is 0 Å². The van der Waals surface area contributed by atoms with Crippen LogP contribution in [0, 0.1) is 5.92 Å². The molecule has 0 heterocycles. The normalized spacial score (nSPS) is 20.3. The largest absolute Gasteiger partial charge is 0.0956 e. The lowest BCUT2D eigenvalue weighted by atomic mass is 9.84. The summed E-state index contributed by atoms with van der Waals surface area (Å²) in [5, 5.41) is 0. The molecule has 0 amide bonds. The maximum Gasteiger partial charge on any atom is -0.0254 e. The molecule has 0 bridgehead atoms. The Kier molecular flexibility index (Phi) is 4.27. The van der Waals surface area contributed by atoms with Crippen molar-refractivity contribution in [3.63, 3.8) is 0 Å². The zero-order chi connectivity index (χ0) is 9.68. The molecule has 13 heavy (non-hydrogen) atoms. The first kappa shape index (κ1) is 10.6. The molecular weight excluding hydrogens is 156 g/mol. The molecule has 1 aliphatic rings. The van der Waals surface area contributed by atoms with Crippen molar-refractivity contribution >= 4 is 0 Å². The Morgan fingerprint density at radius 2 is 1.92 bits per heavy atom. The van der Waals surface area contributed by atoms with E-state index in [1.54, 1.807) is 0 Å². The van der Waals surface area contributed by atoms with Crippen molar-refractivity contribution in [1.29, 1.82) is 0 Å². The molecule has 0 saturated heterocycles. The fraction of sp³-hybridized carbons (Fsp3) is 0.692. The van der Waals surface area contributed by atoms with Crippen molar-refractivity contribution in [3.05, 3.63) is 23.8 Å². The van der Waals surface area contributed by atoms with Gasteiger partial charge in [-0.25, -0.2) is 0 Å². The first-order valence-electron chi connectivity index (χ1n) is 5.55. The fourth-order valence-corrected chi connectivity index (χ4v) is 2.10. The second kappa shape index (κ2) is 5.26. The Bertz CT molecular complexity index is 192. The quantitative estimate of drug-likeness (QED) is 0.559. The average molecular weight is 178 g/mol. The number of allylic oxidation sites excluding steroid dienone is 3. The highest BCUT2D eigenvalue weighted by atomic mass is 14.2. The second-order valence-corrected chi connectivity index (χ2v) is 4.28. The van der Waals surface area contributed by atoms with Gasteiger partial charge in [-0.2, -0.15) is 0 Å². The van der Waals surface area contributed by atoms with Crippen LogP contribution in [-0.4, -0.2) is 0 Å². The van der Waals surface area contributed by atoms with Crippen LogP contribution in [0.3, 0.4) is 0 Å². The minimum absolute atomic E-state index is 0.927. The van der Waals surface area contributed by atoms with Crippen LogP contribution in [0.1, 0.15) is 52.4 Å². The Balaban J connectivity index is 2.34. The Morgan fingerprint density at radius 3 is 2.46 bits per heavy atom. The van der Waals surface area contributed by atoms with Crippen LogP contribution in [0.25, 0.3) is 0 Å². The predicted molar refractivity (Wildman–Crippen MR) is 59.8 cm³/mol. The van der Waals surface area contributed by atoms with E-state index in [9.17, 15) is 0 Å². The maximum absolute atomic E-state index is 4.15. The van der Waals surface area contributed by atoms with Crippen LogP contribution >= 0.6 is 0 Å². The number of hydrogen-bond acceptors (Lipinski definition) is 0. The molecule has 1 saturated carbocycles. The van der Waals surface area contributed by atoms with E-state index in [1.807, 2.05) is 0 Å². The highest BCUT2D eigenvalue weighted by molar-refractivity contribution is 5.25. The summed E-state index contributed by atoms with van der Waals surface area (Å²) in [7, 11) is 0. The molecule has 0 radical (unpaired) electrons. The third-order valence-corrected chi connectivity index (χ3v) is 3.25. The van der Waals surface area contributed by atoms with Crippen LogP contribution in [0.5, 0.6) is 0 Å². The highest BCUT2D eigenvalue weighted by Gasteiger charge is 2.14. The monoisotopic (exact) mass is 178 g/mol. The van der Waals surface area contributed by atoms with Crippen molar-refractivity contribution in [2.45, 2.75) is 52.4 Å². The van der Waals surface area contributed by atoms with Gasteiger partial charge in [-0.1, -0.05) is 55.9 Å². The lowest BCUT2D eigenvalue weighted by Crippen LogP contribution is -2.07. The lowest BCUT2D eigenvalue weighted by Gasteiger charge is -2.22. The molecule has 0 atom stereocenters. The van der Waals surface area contributed by atoms with Gasteiger partial charge in [0.2, 0.25) is 0 Å². The summed E-state index contributed by atoms with van der Waals surface area (Å²) < 4.78 is 0. The molecule has 0 N–H and O–H groups in total. The summed E-state index contributed by atoms with van der Waals surface area (Å²) in [6, 6.07) is 0. The zero-order valence-corrected chi connectivity index (χ0v) is 9.10. The Labute approximate surface area is 82.7 Å². The molecule has 1 rings (SSSR count).